The second-order valence-corrected chi connectivity index (χ2v) is 3.44. The number of hydrogen-bond acceptors (Lipinski definition) is 4. The first kappa shape index (κ1) is 11.3. The molecule has 1 aromatic rings. The van der Waals surface area contributed by atoms with E-state index in [1.54, 1.807) is 12.1 Å². The number of hydrogen-bond donors (Lipinski definition) is 1. The van der Waals surface area contributed by atoms with Crippen LogP contribution in [0.15, 0.2) is 18.2 Å². The van der Waals surface area contributed by atoms with Gasteiger partial charge in [-0.25, -0.2) is 0 Å². The SMILES string of the molecule is COc1ccc(NC(C)C)c([N+](=O)[O-])c1. The molecule has 1 rings (SSSR count). The van der Waals surface area contributed by atoms with Gasteiger partial charge in [0.05, 0.1) is 18.1 Å². The van der Waals surface area contributed by atoms with Gasteiger partial charge in [0.15, 0.2) is 0 Å². The van der Waals surface area contributed by atoms with E-state index in [2.05, 4.69) is 5.32 Å². The second kappa shape index (κ2) is 4.63. The average Bonchev–Trinajstić information content (AvgIpc) is 2.17. The normalized spacial score (nSPS) is 10.1. The third-order valence-electron chi connectivity index (χ3n) is 1.85. The molecule has 0 aliphatic rings. The lowest BCUT2D eigenvalue weighted by Crippen LogP contribution is -2.11. The molecule has 0 aliphatic heterocycles. The van der Waals surface area contributed by atoms with Gasteiger partial charge in [-0.3, -0.25) is 10.1 Å². The van der Waals surface area contributed by atoms with E-state index in [-0.39, 0.29) is 11.7 Å². The van der Waals surface area contributed by atoms with Crippen LogP contribution in [0.5, 0.6) is 5.75 Å². The maximum Gasteiger partial charge on any atom is 0.296 e. The lowest BCUT2D eigenvalue weighted by Gasteiger charge is -2.10. The highest BCUT2D eigenvalue weighted by atomic mass is 16.6. The van der Waals surface area contributed by atoms with Crippen molar-refractivity contribution in [3.8, 4) is 5.75 Å². The molecule has 0 aliphatic carbocycles. The Morgan fingerprint density at radius 1 is 1.47 bits per heavy atom. The van der Waals surface area contributed by atoms with Crippen LogP contribution in [0, 0.1) is 10.1 Å². The molecule has 0 heterocycles. The third-order valence-corrected chi connectivity index (χ3v) is 1.85. The number of nitro groups is 1. The van der Waals surface area contributed by atoms with Gasteiger partial charge in [-0.2, -0.15) is 0 Å². The molecule has 1 N–H and O–H groups in total. The van der Waals surface area contributed by atoms with Crippen molar-refractivity contribution >= 4 is 11.4 Å². The number of ether oxygens (including phenoxy) is 1. The van der Waals surface area contributed by atoms with Crippen molar-refractivity contribution in [2.75, 3.05) is 12.4 Å². The van der Waals surface area contributed by atoms with E-state index < -0.39 is 4.92 Å². The Bertz CT molecular complexity index is 364. The molecule has 0 spiro atoms. The number of nitro benzene ring substituents is 1. The van der Waals surface area contributed by atoms with Gasteiger partial charge in [0.1, 0.15) is 11.4 Å². The fourth-order valence-corrected chi connectivity index (χ4v) is 1.22. The lowest BCUT2D eigenvalue weighted by molar-refractivity contribution is -0.384. The number of methoxy groups -OCH3 is 1. The summed E-state index contributed by atoms with van der Waals surface area (Å²) in [6.45, 7) is 3.85. The topological polar surface area (TPSA) is 64.4 Å². The van der Waals surface area contributed by atoms with Crippen molar-refractivity contribution in [1.82, 2.24) is 0 Å². The summed E-state index contributed by atoms with van der Waals surface area (Å²) in [6, 6.07) is 4.90. The molecular weight excluding hydrogens is 196 g/mol. The highest BCUT2D eigenvalue weighted by molar-refractivity contribution is 5.64. The molecule has 5 nitrogen and oxygen atoms in total. The van der Waals surface area contributed by atoms with Gasteiger partial charge in [0, 0.05) is 6.04 Å². The third kappa shape index (κ3) is 2.83. The Morgan fingerprint density at radius 2 is 2.13 bits per heavy atom. The summed E-state index contributed by atoms with van der Waals surface area (Å²) in [5, 5.41) is 13.8. The summed E-state index contributed by atoms with van der Waals surface area (Å²) in [6.07, 6.45) is 0. The molecule has 0 aromatic heterocycles. The lowest BCUT2D eigenvalue weighted by atomic mass is 10.2. The molecule has 0 atom stereocenters. The van der Waals surface area contributed by atoms with Crippen molar-refractivity contribution in [1.29, 1.82) is 0 Å². The molecular formula is C10H14N2O3. The fraction of sp³-hybridized carbons (Fsp3) is 0.400. The molecule has 0 amide bonds. The molecule has 82 valence electrons. The molecule has 1 aromatic carbocycles. The monoisotopic (exact) mass is 210 g/mol. The molecule has 15 heavy (non-hydrogen) atoms. The average molecular weight is 210 g/mol. The zero-order valence-corrected chi connectivity index (χ0v) is 8.98. The minimum atomic E-state index is -0.423. The molecule has 0 saturated heterocycles. The number of rotatable bonds is 4. The first-order valence-corrected chi connectivity index (χ1v) is 4.63. The summed E-state index contributed by atoms with van der Waals surface area (Å²) < 4.78 is 4.93. The van der Waals surface area contributed by atoms with E-state index in [1.807, 2.05) is 13.8 Å². The van der Waals surface area contributed by atoms with E-state index in [0.717, 1.165) is 0 Å². The van der Waals surface area contributed by atoms with Crippen LogP contribution < -0.4 is 10.1 Å². The molecule has 0 saturated carbocycles. The maximum atomic E-state index is 10.8. The predicted molar refractivity (Wildman–Crippen MR) is 58.4 cm³/mol. The Kier molecular flexibility index (Phi) is 3.49. The highest BCUT2D eigenvalue weighted by Gasteiger charge is 2.15. The zero-order valence-electron chi connectivity index (χ0n) is 8.98. The molecule has 0 radical (unpaired) electrons. The van der Waals surface area contributed by atoms with Gasteiger partial charge in [-0.05, 0) is 26.0 Å². The van der Waals surface area contributed by atoms with Gasteiger partial charge >= 0.3 is 0 Å². The maximum absolute atomic E-state index is 10.8. The summed E-state index contributed by atoms with van der Waals surface area (Å²) >= 11 is 0. The van der Waals surface area contributed by atoms with E-state index in [9.17, 15) is 10.1 Å². The molecule has 0 unspecified atom stereocenters. The van der Waals surface area contributed by atoms with Crippen molar-refractivity contribution in [2.24, 2.45) is 0 Å². The van der Waals surface area contributed by atoms with Crippen molar-refractivity contribution in [3.63, 3.8) is 0 Å². The Labute approximate surface area is 88.2 Å². The quantitative estimate of drug-likeness (QED) is 0.612. The molecule has 0 bridgehead atoms. The Morgan fingerprint density at radius 3 is 2.60 bits per heavy atom. The van der Waals surface area contributed by atoms with E-state index >= 15 is 0 Å². The largest absolute Gasteiger partial charge is 0.496 e. The van der Waals surface area contributed by atoms with Crippen LogP contribution in [0.4, 0.5) is 11.4 Å². The van der Waals surface area contributed by atoms with Crippen molar-refractivity contribution in [2.45, 2.75) is 19.9 Å². The first-order chi connectivity index (χ1) is 7.04. The Balaban J connectivity index is 3.09. The van der Waals surface area contributed by atoms with Crippen molar-refractivity contribution < 1.29 is 9.66 Å². The smallest absolute Gasteiger partial charge is 0.296 e. The standard InChI is InChI=1S/C10H14N2O3/c1-7(2)11-9-5-4-8(15-3)6-10(9)12(13)14/h4-7,11H,1-3H3. The van der Waals surface area contributed by atoms with E-state index in [4.69, 9.17) is 4.74 Å². The fourth-order valence-electron chi connectivity index (χ4n) is 1.22. The van der Waals surface area contributed by atoms with Gasteiger partial charge in [0.25, 0.3) is 5.69 Å². The first-order valence-electron chi connectivity index (χ1n) is 4.63. The predicted octanol–water partition coefficient (Wildman–Crippen LogP) is 2.42. The second-order valence-electron chi connectivity index (χ2n) is 3.44. The van der Waals surface area contributed by atoms with Crippen LogP contribution in [-0.4, -0.2) is 18.1 Å². The van der Waals surface area contributed by atoms with Crippen molar-refractivity contribution in [3.05, 3.63) is 28.3 Å². The van der Waals surface area contributed by atoms with Crippen LogP contribution in [-0.2, 0) is 0 Å². The summed E-state index contributed by atoms with van der Waals surface area (Å²) in [5.74, 6) is 0.482. The molecule has 0 fully saturated rings. The summed E-state index contributed by atoms with van der Waals surface area (Å²) in [7, 11) is 1.48. The summed E-state index contributed by atoms with van der Waals surface area (Å²) in [5.41, 5.74) is 0.541. The van der Waals surface area contributed by atoms with Crippen LogP contribution in [0.2, 0.25) is 0 Å². The van der Waals surface area contributed by atoms with Crippen LogP contribution in [0.1, 0.15) is 13.8 Å². The van der Waals surface area contributed by atoms with Gasteiger partial charge in [-0.1, -0.05) is 0 Å². The van der Waals surface area contributed by atoms with Gasteiger partial charge in [-0.15, -0.1) is 0 Å². The van der Waals surface area contributed by atoms with Crippen LogP contribution in [0.3, 0.4) is 0 Å². The number of benzene rings is 1. The van der Waals surface area contributed by atoms with Crippen LogP contribution >= 0.6 is 0 Å². The van der Waals surface area contributed by atoms with Gasteiger partial charge in [0.2, 0.25) is 0 Å². The zero-order chi connectivity index (χ0) is 11.4. The number of anilines is 1. The van der Waals surface area contributed by atoms with E-state index in [0.29, 0.717) is 11.4 Å². The van der Waals surface area contributed by atoms with Crippen LogP contribution in [0.25, 0.3) is 0 Å². The highest BCUT2D eigenvalue weighted by Crippen LogP contribution is 2.29. The van der Waals surface area contributed by atoms with E-state index in [1.165, 1.54) is 13.2 Å². The minimum Gasteiger partial charge on any atom is -0.496 e. The Hall–Kier alpha value is -1.78. The number of nitrogens with zero attached hydrogens (tertiary/aromatic N) is 1. The summed E-state index contributed by atoms with van der Waals surface area (Å²) in [4.78, 5) is 10.4. The number of nitrogens with one attached hydrogen (secondary N) is 1. The van der Waals surface area contributed by atoms with Gasteiger partial charge < -0.3 is 10.1 Å². The molecule has 5 heteroatoms. The minimum absolute atomic E-state index is 0.0306.